The summed E-state index contributed by atoms with van der Waals surface area (Å²) in [6.07, 6.45) is 2.07. The third-order valence-electron chi connectivity index (χ3n) is 4.00. The van der Waals surface area contributed by atoms with Gasteiger partial charge >= 0.3 is 0 Å². The molecule has 3 rings (SSSR count). The maximum absolute atomic E-state index is 12.6. The fourth-order valence-corrected chi connectivity index (χ4v) is 2.88. The zero-order valence-electron chi connectivity index (χ0n) is 12.6. The van der Waals surface area contributed by atoms with Crippen molar-refractivity contribution in [1.82, 2.24) is 5.32 Å². The Labute approximate surface area is 128 Å². The predicted octanol–water partition coefficient (Wildman–Crippen LogP) is 2.51. The molecule has 2 atom stereocenters. The van der Waals surface area contributed by atoms with Crippen LogP contribution in [0.1, 0.15) is 29.5 Å². The third-order valence-corrected chi connectivity index (χ3v) is 4.00. The van der Waals surface area contributed by atoms with Crippen LogP contribution in [0.5, 0.6) is 0 Å². The van der Waals surface area contributed by atoms with Gasteiger partial charge in [-0.15, -0.1) is 0 Å². The van der Waals surface area contributed by atoms with Gasteiger partial charge in [0.2, 0.25) is 5.91 Å². The average Bonchev–Trinajstić information content (AvgIpc) is 3.04. The number of furan rings is 1. The number of nitrogens with zero attached hydrogens (tertiary/aromatic N) is 1. The summed E-state index contributed by atoms with van der Waals surface area (Å²) in [7, 11) is 0. The number of hydrogen-bond donors (Lipinski definition) is 1. The van der Waals surface area contributed by atoms with E-state index in [1.807, 2.05) is 37.3 Å². The Morgan fingerprint density at radius 2 is 2.00 bits per heavy atom. The SMILES string of the molecule is Cc1occc1C(=O)N[C@H]1C[C@H](C)N(c2ccccc2)C1=O. The Kier molecular flexibility index (Phi) is 3.71. The minimum Gasteiger partial charge on any atom is -0.469 e. The van der Waals surface area contributed by atoms with Crippen LogP contribution < -0.4 is 10.2 Å². The third kappa shape index (κ3) is 2.50. The van der Waals surface area contributed by atoms with Crippen molar-refractivity contribution < 1.29 is 14.0 Å². The Morgan fingerprint density at radius 3 is 2.64 bits per heavy atom. The van der Waals surface area contributed by atoms with E-state index in [4.69, 9.17) is 4.42 Å². The number of hydrogen-bond acceptors (Lipinski definition) is 3. The normalized spacial score (nSPS) is 21.2. The number of nitrogens with one attached hydrogen (secondary N) is 1. The van der Waals surface area contributed by atoms with Crippen molar-refractivity contribution in [2.75, 3.05) is 4.90 Å². The largest absolute Gasteiger partial charge is 0.469 e. The topological polar surface area (TPSA) is 62.6 Å². The lowest BCUT2D eigenvalue weighted by molar-refractivity contribution is -0.118. The predicted molar refractivity (Wildman–Crippen MR) is 82.7 cm³/mol. The number of para-hydroxylation sites is 1. The van der Waals surface area contributed by atoms with E-state index < -0.39 is 6.04 Å². The van der Waals surface area contributed by atoms with Gasteiger partial charge in [0.15, 0.2) is 0 Å². The molecule has 2 heterocycles. The van der Waals surface area contributed by atoms with Crippen LogP contribution in [0.4, 0.5) is 5.69 Å². The van der Waals surface area contributed by atoms with E-state index in [-0.39, 0.29) is 17.9 Å². The van der Waals surface area contributed by atoms with Crippen molar-refractivity contribution in [2.45, 2.75) is 32.4 Å². The van der Waals surface area contributed by atoms with Crippen molar-refractivity contribution in [3.05, 3.63) is 54.0 Å². The first-order valence-electron chi connectivity index (χ1n) is 7.31. The number of amides is 2. The molecule has 1 aromatic heterocycles. The number of benzene rings is 1. The van der Waals surface area contributed by atoms with Gasteiger partial charge in [0.05, 0.1) is 11.8 Å². The molecule has 1 aliphatic rings. The van der Waals surface area contributed by atoms with Gasteiger partial charge in [-0.3, -0.25) is 9.59 Å². The van der Waals surface area contributed by atoms with Crippen molar-refractivity contribution in [2.24, 2.45) is 0 Å². The van der Waals surface area contributed by atoms with Crippen molar-refractivity contribution in [3.8, 4) is 0 Å². The number of rotatable bonds is 3. The molecule has 1 aliphatic heterocycles. The van der Waals surface area contributed by atoms with Gasteiger partial charge in [-0.05, 0) is 38.5 Å². The quantitative estimate of drug-likeness (QED) is 0.947. The van der Waals surface area contributed by atoms with Crippen molar-refractivity contribution in [1.29, 1.82) is 0 Å². The van der Waals surface area contributed by atoms with Gasteiger partial charge in [-0.25, -0.2) is 0 Å². The smallest absolute Gasteiger partial charge is 0.255 e. The second-order valence-electron chi connectivity index (χ2n) is 5.55. The summed E-state index contributed by atoms with van der Waals surface area (Å²) < 4.78 is 5.13. The molecular formula is C17H18N2O3. The molecule has 22 heavy (non-hydrogen) atoms. The molecular weight excluding hydrogens is 280 g/mol. The standard InChI is InChI=1S/C17H18N2O3/c1-11-10-15(18-16(20)14-8-9-22-12(14)2)17(21)19(11)13-6-4-3-5-7-13/h3-9,11,15H,10H2,1-2H3,(H,18,20)/t11-,15-/m0/s1. The first kappa shape index (κ1) is 14.4. The molecule has 5 nitrogen and oxygen atoms in total. The van der Waals surface area contributed by atoms with Gasteiger partial charge in [0, 0.05) is 11.7 Å². The van der Waals surface area contributed by atoms with Crippen LogP contribution >= 0.6 is 0 Å². The highest BCUT2D eigenvalue weighted by atomic mass is 16.3. The molecule has 1 aromatic carbocycles. The Balaban J connectivity index is 1.76. The molecule has 0 saturated carbocycles. The van der Waals surface area contributed by atoms with Crippen molar-refractivity contribution >= 4 is 17.5 Å². The van der Waals surface area contributed by atoms with Crippen LogP contribution in [0.15, 0.2) is 47.1 Å². The van der Waals surface area contributed by atoms with E-state index in [2.05, 4.69) is 5.32 Å². The van der Waals surface area contributed by atoms with Gasteiger partial charge in [0.1, 0.15) is 11.8 Å². The molecule has 5 heteroatoms. The minimum atomic E-state index is -0.503. The van der Waals surface area contributed by atoms with E-state index in [0.29, 0.717) is 17.7 Å². The van der Waals surface area contributed by atoms with Gasteiger partial charge < -0.3 is 14.6 Å². The lowest BCUT2D eigenvalue weighted by Crippen LogP contribution is -2.42. The maximum atomic E-state index is 12.6. The summed E-state index contributed by atoms with van der Waals surface area (Å²) >= 11 is 0. The molecule has 1 saturated heterocycles. The Hall–Kier alpha value is -2.56. The Bertz CT molecular complexity index is 693. The summed E-state index contributed by atoms with van der Waals surface area (Å²) in [4.78, 5) is 26.6. The maximum Gasteiger partial charge on any atom is 0.255 e. The summed E-state index contributed by atoms with van der Waals surface area (Å²) in [5.74, 6) is 0.204. The zero-order valence-corrected chi connectivity index (χ0v) is 12.6. The van der Waals surface area contributed by atoms with Crippen LogP contribution in [-0.4, -0.2) is 23.9 Å². The number of carbonyl (C=O) groups excluding carboxylic acids is 2. The summed E-state index contributed by atoms with van der Waals surface area (Å²) in [6, 6.07) is 10.7. The molecule has 2 amide bonds. The highest BCUT2D eigenvalue weighted by Crippen LogP contribution is 2.26. The second kappa shape index (κ2) is 5.67. The van der Waals surface area contributed by atoms with Crippen LogP contribution in [0, 0.1) is 6.92 Å². The molecule has 0 unspecified atom stereocenters. The highest BCUT2D eigenvalue weighted by Gasteiger charge is 2.39. The second-order valence-corrected chi connectivity index (χ2v) is 5.55. The summed E-state index contributed by atoms with van der Waals surface area (Å²) in [6.45, 7) is 3.71. The van der Waals surface area contributed by atoms with Crippen LogP contribution in [-0.2, 0) is 4.79 Å². The van der Waals surface area contributed by atoms with E-state index in [1.165, 1.54) is 6.26 Å². The van der Waals surface area contributed by atoms with Crippen LogP contribution in [0.3, 0.4) is 0 Å². The van der Waals surface area contributed by atoms with Crippen LogP contribution in [0.25, 0.3) is 0 Å². The van der Waals surface area contributed by atoms with Crippen molar-refractivity contribution in [3.63, 3.8) is 0 Å². The van der Waals surface area contributed by atoms with E-state index in [1.54, 1.807) is 17.9 Å². The number of anilines is 1. The zero-order chi connectivity index (χ0) is 15.7. The summed E-state index contributed by atoms with van der Waals surface area (Å²) in [5.41, 5.74) is 1.33. The van der Waals surface area contributed by atoms with E-state index >= 15 is 0 Å². The highest BCUT2D eigenvalue weighted by molar-refractivity contribution is 6.04. The first-order chi connectivity index (χ1) is 10.6. The fraction of sp³-hybridized carbons (Fsp3) is 0.294. The molecule has 0 radical (unpaired) electrons. The van der Waals surface area contributed by atoms with Gasteiger partial charge in [-0.2, -0.15) is 0 Å². The minimum absolute atomic E-state index is 0.0469. The molecule has 1 fully saturated rings. The molecule has 0 spiro atoms. The number of carbonyl (C=O) groups is 2. The molecule has 1 N–H and O–H groups in total. The lowest BCUT2D eigenvalue weighted by atomic mass is 10.1. The van der Waals surface area contributed by atoms with Gasteiger partial charge in [-0.1, -0.05) is 18.2 Å². The van der Waals surface area contributed by atoms with Gasteiger partial charge in [0.25, 0.3) is 5.91 Å². The Morgan fingerprint density at radius 1 is 1.27 bits per heavy atom. The molecule has 2 aromatic rings. The molecule has 0 aliphatic carbocycles. The molecule has 114 valence electrons. The fourth-order valence-electron chi connectivity index (χ4n) is 2.88. The first-order valence-corrected chi connectivity index (χ1v) is 7.31. The average molecular weight is 298 g/mol. The summed E-state index contributed by atoms with van der Waals surface area (Å²) in [5, 5.41) is 2.81. The number of aryl methyl sites for hydroxylation is 1. The monoisotopic (exact) mass is 298 g/mol. The van der Waals surface area contributed by atoms with Crippen LogP contribution in [0.2, 0.25) is 0 Å². The van der Waals surface area contributed by atoms with E-state index in [9.17, 15) is 9.59 Å². The molecule has 0 bridgehead atoms. The van der Waals surface area contributed by atoms with E-state index in [0.717, 1.165) is 5.69 Å². The lowest BCUT2D eigenvalue weighted by Gasteiger charge is -2.21.